The van der Waals surface area contributed by atoms with Gasteiger partial charge in [0.05, 0.1) is 13.2 Å². The summed E-state index contributed by atoms with van der Waals surface area (Å²) in [6.07, 6.45) is 0. The van der Waals surface area contributed by atoms with Gasteiger partial charge in [-0.1, -0.05) is 25.1 Å². The summed E-state index contributed by atoms with van der Waals surface area (Å²) >= 11 is 0. The maximum Gasteiger partial charge on any atom is 0.126 e. The Balaban J connectivity index is 3.07. The van der Waals surface area contributed by atoms with Crippen molar-refractivity contribution in [2.45, 2.75) is 20.8 Å². The third-order valence-electron chi connectivity index (χ3n) is 2.20. The van der Waals surface area contributed by atoms with E-state index in [1.54, 1.807) is 0 Å². The van der Waals surface area contributed by atoms with E-state index in [0.717, 1.165) is 22.8 Å². The van der Waals surface area contributed by atoms with Gasteiger partial charge in [-0.25, -0.2) is 0 Å². The molecule has 2 heteroatoms. The molecule has 1 N–H and O–H groups in total. The van der Waals surface area contributed by atoms with Gasteiger partial charge >= 0.3 is 0 Å². The fraction of sp³-hybridized carbons (Fsp3) is 0.417. The number of ether oxygens (including phenoxy) is 1. The number of aliphatic hydroxyl groups excluding tert-OH is 1. The van der Waals surface area contributed by atoms with E-state index < -0.39 is 0 Å². The Morgan fingerprint density at radius 3 is 2.71 bits per heavy atom. The van der Waals surface area contributed by atoms with E-state index in [4.69, 9.17) is 9.84 Å². The average molecular weight is 193 g/mol. The lowest BCUT2D eigenvalue weighted by Gasteiger charge is -2.16. The van der Waals surface area contributed by atoms with Gasteiger partial charge in [0.25, 0.3) is 0 Å². The predicted octanol–water partition coefficient (Wildman–Crippen LogP) is 2.33. The SMILES string of the molecule is CCOc1c(C)cccc1[C](C)CO. The number of hydrogen-bond donors (Lipinski definition) is 1. The van der Waals surface area contributed by atoms with Gasteiger partial charge in [0.2, 0.25) is 0 Å². The predicted molar refractivity (Wildman–Crippen MR) is 57.5 cm³/mol. The van der Waals surface area contributed by atoms with Crippen molar-refractivity contribution in [3.8, 4) is 5.75 Å². The summed E-state index contributed by atoms with van der Waals surface area (Å²) in [5.74, 6) is 1.83. The van der Waals surface area contributed by atoms with Gasteiger partial charge < -0.3 is 9.84 Å². The van der Waals surface area contributed by atoms with Crippen molar-refractivity contribution in [1.29, 1.82) is 0 Å². The van der Waals surface area contributed by atoms with Crippen LogP contribution in [0.2, 0.25) is 0 Å². The van der Waals surface area contributed by atoms with Gasteiger partial charge in [-0.05, 0) is 19.4 Å². The summed E-state index contributed by atoms with van der Waals surface area (Å²) in [6, 6.07) is 5.97. The van der Waals surface area contributed by atoms with Crippen LogP contribution in [0.5, 0.6) is 5.75 Å². The summed E-state index contributed by atoms with van der Waals surface area (Å²) in [5, 5.41) is 9.08. The zero-order valence-electron chi connectivity index (χ0n) is 9.00. The average Bonchev–Trinajstić information content (AvgIpc) is 2.20. The number of hydrogen-bond acceptors (Lipinski definition) is 2. The molecule has 0 amide bonds. The van der Waals surface area contributed by atoms with E-state index in [2.05, 4.69) is 0 Å². The first-order valence-electron chi connectivity index (χ1n) is 4.86. The van der Waals surface area contributed by atoms with Gasteiger partial charge in [0.1, 0.15) is 5.75 Å². The molecule has 0 saturated carbocycles. The van der Waals surface area contributed by atoms with Crippen LogP contribution < -0.4 is 4.74 Å². The minimum atomic E-state index is 0.0729. The molecule has 0 bridgehead atoms. The Bertz CT molecular complexity index is 294. The van der Waals surface area contributed by atoms with Crippen molar-refractivity contribution in [2.75, 3.05) is 13.2 Å². The van der Waals surface area contributed by atoms with Crippen LogP contribution in [0, 0.1) is 12.8 Å². The Kier molecular flexibility index (Phi) is 3.96. The minimum absolute atomic E-state index is 0.0729. The quantitative estimate of drug-likeness (QED) is 0.795. The summed E-state index contributed by atoms with van der Waals surface area (Å²) in [4.78, 5) is 0. The van der Waals surface area contributed by atoms with Crippen molar-refractivity contribution in [3.05, 3.63) is 35.2 Å². The lowest BCUT2D eigenvalue weighted by atomic mass is 9.98. The molecular weight excluding hydrogens is 176 g/mol. The van der Waals surface area contributed by atoms with Crippen LogP contribution in [-0.4, -0.2) is 18.3 Å². The monoisotopic (exact) mass is 193 g/mol. The highest BCUT2D eigenvalue weighted by atomic mass is 16.5. The second-order valence-corrected chi connectivity index (χ2v) is 3.32. The molecule has 1 radical (unpaired) electrons. The molecule has 14 heavy (non-hydrogen) atoms. The molecule has 0 fully saturated rings. The molecule has 0 aliphatic carbocycles. The fourth-order valence-corrected chi connectivity index (χ4v) is 1.41. The van der Waals surface area contributed by atoms with Crippen molar-refractivity contribution in [3.63, 3.8) is 0 Å². The summed E-state index contributed by atoms with van der Waals surface area (Å²) in [5.41, 5.74) is 2.12. The summed E-state index contributed by atoms with van der Waals surface area (Å²) in [7, 11) is 0. The molecule has 0 aliphatic rings. The molecule has 0 aromatic heterocycles. The third kappa shape index (κ3) is 2.26. The first-order valence-corrected chi connectivity index (χ1v) is 4.86. The van der Waals surface area contributed by atoms with Crippen LogP contribution in [0.4, 0.5) is 0 Å². The number of aliphatic hydroxyl groups is 1. The van der Waals surface area contributed by atoms with E-state index in [1.807, 2.05) is 39.0 Å². The first kappa shape index (κ1) is 11.1. The number of para-hydroxylation sites is 1. The topological polar surface area (TPSA) is 29.5 Å². The summed E-state index contributed by atoms with van der Waals surface area (Å²) in [6.45, 7) is 6.61. The van der Waals surface area contributed by atoms with Gasteiger partial charge in [-0.3, -0.25) is 0 Å². The Labute approximate surface area is 85.5 Å². The standard InChI is InChI=1S/C12H17O2/c1-4-14-12-9(2)6-5-7-11(12)10(3)8-13/h5-7,13H,4,8H2,1-3H3. The van der Waals surface area contributed by atoms with Crippen LogP contribution in [-0.2, 0) is 0 Å². The number of aryl methyl sites for hydroxylation is 1. The molecule has 0 spiro atoms. The fourth-order valence-electron chi connectivity index (χ4n) is 1.41. The largest absolute Gasteiger partial charge is 0.493 e. The molecule has 0 heterocycles. The summed E-state index contributed by atoms with van der Waals surface area (Å²) < 4.78 is 5.56. The lowest BCUT2D eigenvalue weighted by molar-refractivity contribution is 0.306. The van der Waals surface area contributed by atoms with Gasteiger partial charge in [0.15, 0.2) is 0 Å². The van der Waals surface area contributed by atoms with Crippen LogP contribution in [0.1, 0.15) is 25.0 Å². The van der Waals surface area contributed by atoms with Crippen molar-refractivity contribution in [1.82, 2.24) is 0 Å². The van der Waals surface area contributed by atoms with Gasteiger partial charge in [-0.2, -0.15) is 0 Å². The second-order valence-electron chi connectivity index (χ2n) is 3.32. The van der Waals surface area contributed by atoms with Gasteiger partial charge in [-0.15, -0.1) is 0 Å². The maximum atomic E-state index is 9.08. The number of benzene rings is 1. The molecule has 77 valence electrons. The smallest absolute Gasteiger partial charge is 0.126 e. The zero-order chi connectivity index (χ0) is 10.6. The molecule has 1 rings (SSSR count). The van der Waals surface area contributed by atoms with Crippen LogP contribution in [0.3, 0.4) is 0 Å². The van der Waals surface area contributed by atoms with Gasteiger partial charge in [0, 0.05) is 11.5 Å². The second kappa shape index (κ2) is 5.01. The van der Waals surface area contributed by atoms with Crippen molar-refractivity contribution < 1.29 is 9.84 Å². The van der Waals surface area contributed by atoms with Crippen LogP contribution >= 0.6 is 0 Å². The maximum absolute atomic E-state index is 9.08. The molecule has 0 aliphatic heterocycles. The van der Waals surface area contributed by atoms with E-state index in [-0.39, 0.29) is 6.61 Å². The molecule has 0 saturated heterocycles. The highest BCUT2D eigenvalue weighted by Crippen LogP contribution is 2.29. The Hall–Kier alpha value is -1.02. The van der Waals surface area contributed by atoms with E-state index >= 15 is 0 Å². The third-order valence-corrected chi connectivity index (χ3v) is 2.20. The van der Waals surface area contributed by atoms with E-state index in [9.17, 15) is 0 Å². The molecule has 1 aromatic rings. The molecule has 0 unspecified atom stereocenters. The lowest BCUT2D eigenvalue weighted by Crippen LogP contribution is -2.05. The highest BCUT2D eigenvalue weighted by molar-refractivity contribution is 5.47. The Morgan fingerprint density at radius 2 is 2.14 bits per heavy atom. The zero-order valence-corrected chi connectivity index (χ0v) is 9.00. The Morgan fingerprint density at radius 1 is 1.43 bits per heavy atom. The van der Waals surface area contributed by atoms with Crippen LogP contribution in [0.15, 0.2) is 18.2 Å². The highest BCUT2D eigenvalue weighted by Gasteiger charge is 2.12. The minimum Gasteiger partial charge on any atom is -0.493 e. The number of rotatable bonds is 4. The van der Waals surface area contributed by atoms with Crippen molar-refractivity contribution >= 4 is 0 Å². The van der Waals surface area contributed by atoms with Crippen molar-refractivity contribution in [2.24, 2.45) is 0 Å². The molecule has 1 aromatic carbocycles. The normalized spacial score (nSPS) is 10.6. The van der Waals surface area contributed by atoms with E-state index in [1.165, 1.54) is 0 Å². The molecule has 0 atom stereocenters. The first-order chi connectivity index (χ1) is 6.70. The van der Waals surface area contributed by atoms with E-state index in [0.29, 0.717) is 6.61 Å². The molecular formula is C12H17O2. The molecule has 2 nitrogen and oxygen atoms in total. The van der Waals surface area contributed by atoms with Crippen LogP contribution in [0.25, 0.3) is 0 Å².